The summed E-state index contributed by atoms with van der Waals surface area (Å²) >= 11 is 0. The van der Waals surface area contributed by atoms with Gasteiger partial charge in [0.1, 0.15) is 0 Å². The number of alkyl halides is 3. The van der Waals surface area contributed by atoms with E-state index in [9.17, 15) is 18.0 Å². The molecule has 3 nitrogen and oxygen atoms in total. The van der Waals surface area contributed by atoms with Crippen LogP contribution in [0.1, 0.15) is 29.9 Å². The van der Waals surface area contributed by atoms with Crippen molar-refractivity contribution in [3.05, 3.63) is 47.0 Å². The van der Waals surface area contributed by atoms with Crippen LogP contribution in [0.4, 0.5) is 13.2 Å². The molecule has 2 N–H and O–H groups in total. The number of hydrogen-bond acceptors (Lipinski definition) is 2. The van der Waals surface area contributed by atoms with Crippen LogP contribution < -0.4 is 10.6 Å². The molecule has 1 aromatic rings. The second-order valence-electron chi connectivity index (χ2n) is 6.11. The van der Waals surface area contributed by atoms with Crippen LogP contribution in [-0.4, -0.2) is 25.5 Å². The van der Waals surface area contributed by atoms with E-state index in [-0.39, 0.29) is 17.7 Å². The Labute approximate surface area is 133 Å². The Hall–Kier alpha value is -1.82. The highest BCUT2D eigenvalue weighted by molar-refractivity contribution is 5.83. The van der Waals surface area contributed by atoms with Crippen LogP contribution in [0.3, 0.4) is 0 Å². The molecule has 1 aromatic carbocycles. The van der Waals surface area contributed by atoms with Gasteiger partial charge < -0.3 is 10.6 Å². The van der Waals surface area contributed by atoms with Gasteiger partial charge in [0.25, 0.3) is 0 Å². The van der Waals surface area contributed by atoms with Gasteiger partial charge in [0.2, 0.25) is 5.91 Å². The first-order chi connectivity index (χ1) is 10.9. The molecule has 0 radical (unpaired) electrons. The van der Waals surface area contributed by atoms with Gasteiger partial charge in [-0.05, 0) is 36.9 Å². The van der Waals surface area contributed by atoms with Crippen molar-refractivity contribution in [2.24, 2.45) is 5.92 Å². The Balaban J connectivity index is 1.56. The van der Waals surface area contributed by atoms with E-state index in [1.165, 1.54) is 11.6 Å². The van der Waals surface area contributed by atoms with Crippen molar-refractivity contribution in [3.8, 4) is 0 Å². The van der Waals surface area contributed by atoms with E-state index in [0.29, 0.717) is 18.5 Å². The highest BCUT2D eigenvalue weighted by Crippen LogP contribution is 2.48. The molecule has 0 aromatic heterocycles. The van der Waals surface area contributed by atoms with E-state index >= 15 is 0 Å². The molecule has 1 heterocycles. The summed E-state index contributed by atoms with van der Waals surface area (Å²) in [5.41, 5.74) is 1.15. The van der Waals surface area contributed by atoms with Crippen molar-refractivity contribution in [1.82, 2.24) is 10.6 Å². The maximum absolute atomic E-state index is 12.7. The Kier molecular flexibility index (Phi) is 4.43. The molecule has 1 aliphatic heterocycles. The number of rotatable bonds is 4. The summed E-state index contributed by atoms with van der Waals surface area (Å²) in [5, 5.41) is 6.10. The summed E-state index contributed by atoms with van der Waals surface area (Å²) in [5.74, 6) is -0.369. The molecule has 1 fully saturated rings. The number of carbonyl (C=O) groups excluding carboxylic acids is 1. The van der Waals surface area contributed by atoms with Crippen LogP contribution in [0.5, 0.6) is 0 Å². The largest absolute Gasteiger partial charge is 0.416 e. The fourth-order valence-electron chi connectivity index (χ4n) is 2.96. The third-order valence-electron chi connectivity index (χ3n) is 4.42. The third kappa shape index (κ3) is 3.93. The molecular formula is C17H19F3N2O. The maximum Gasteiger partial charge on any atom is 0.416 e. The maximum atomic E-state index is 12.7. The topological polar surface area (TPSA) is 41.1 Å². The Morgan fingerprint density at radius 2 is 2.17 bits per heavy atom. The quantitative estimate of drug-likeness (QED) is 0.836. The number of hydrogen-bond donors (Lipinski definition) is 2. The lowest BCUT2D eigenvalue weighted by Gasteiger charge is -2.14. The molecule has 0 saturated heterocycles. The zero-order chi connectivity index (χ0) is 16.4. The van der Waals surface area contributed by atoms with Gasteiger partial charge in [-0.25, -0.2) is 0 Å². The highest BCUT2D eigenvalue weighted by Gasteiger charge is 2.44. The fourth-order valence-corrected chi connectivity index (χ4v) is 2.96. The fraction of sp³-hybridized carbons (Fsp3) is 0.471. The van der Waals surface area contributed by atoms with E-state index in [1.54, 1.807) is 6.07 Å². The molecule has 0 spiro atoms. The minimum absolute atomic E-state index is 0.0631. The van der Waals surface area contributed by atoms with Crippen molar-refractivity contribution in [2.45, 2.75) is 24.9 Å². The van der Waals surface area contributed by atoms with Gasteiger partial charge in [-0.2, -0.15) is 13.2 Å². The minimum Gasteiger partial charge on any atom is -0.352 e. The first-order valence-corrected chi connectivity index (χ1v) is 7.78. The lowest BCUT2D eigenvalue weighted by Crippen LogP contribution is -2.30. The first kappa shape index (κ1) is 16.1. The van der Waals surface area contributed by atoms with Crippen molar-refractivity contribution < 1.29 is 18.0 Å². The Bertz CT molecular complexity index is 625. The second-order valence-corrected chi connectivity index (χ2v) is 6.11. The van der Waals surface area contributed by atoms with Crippen LogP contribution in [0.25, 0.3) is 0 Å². The highest BCUT2D eigenvalue weighted by atomic mass is 19.4. The predicted molar refractivity (Wildman–Crippen MR) is 80.9 cm³/mol. The number of halogens is 3. The van der Waals surface area contributed by atoms with Crippen molar-refractivity contribution in [2.75, 3.05) is 19.6 Å². The first-order valence-electron chi connectivity index (χ1n) is 7.78. The monoisotopic (exact) mass is 324 g/mol. The molecule has 0 bridgehead atoms. The average Bonchev–Trinajstić information content (AvgIpc) is 3.34. The van der Waals surface area contributed by atoms with E-state index in [0.717, 1.165) is 31.6 Å². The molecule has 2 atom stereocenters. The molecule has 6 heteroatoms. The van der Waals surface area contributed by atoms with Gasteiger partial charge in [-0.15, -0.1) is 0 Å². The summed E-state index contributed by atoms with van der Waals surface area (Å²) in [6, 6.07) is 5.30. The van der Waals surface area contributed by atoms with E-state index < -0.39 is 11.7 Å². The van der Waals surface area contributed by atoms with Crippen LogP contribution in [0.15, 0.2) is 35.9 Å². The van der Waals surface area contributed by atoms with Gasteiger partial charge >= 0.3 is 6.18 Å². The summed E-state index contributed by atoms with van der Waals surface area (Å²) in [4.78, 5) is 12.1. The smallest absolute Gasteiger partial charge is 0.352 e. The van der Waals surface area contributed by atoms with Crippen LogP contribution in [0.2, 0.25) is 0 Å². The average molecular weight is 324 g/mol. The van der Waals surface area contributed by atoms with Crippen LogP contribution in [0, 0.1) is 5.92 Å². The number of amides is 1. The summed E-state index contributed by atoms with van der Waals surface area (Å²) in [6.07, 6.45) is -0.735. The van der Waals surface area contributed by atoms with Gasteiger partial charge in [0.15, 0.2) is 0 Å². The molecule has 1 amide bonds. The molecule has 23 heavy (non-hydrogen) atoms. The van der Waals surface area contributed by atoms with Crippen molar-refractivity contribution in [3.63, 3.8) is 0 Å². The summed E-state index contributed by atoms with van der Waals surface area (Å²) < 4.78 is 38.2. The summed E-state index contributed by atoms with van der Waals surface area (Å²) in [7, 11) is 0. The SMILES string of the molecule is O=C(NCC1=CCNCC1)C1CC1c1cccc(C(F)(F)F)c1. The van der Waals surface area contributed by atoms with E-state index in [4.69, 9.17) is 0 Å². The molecule has 3 rings (SSSR count). The molecular weight excluding hydrogens is 305 g/mol. The number of carbonyl (C=O) groups is 1. The van der Waals surface area contributed by atoms with Crippen LogP contribution in [-0.2, 0) is 11.0 Å². The molecule has 2 unspecified atom stereocenters. The minimum atomic E-state index is -4.34. The van der Waals surface area contributed by atoms with Gasteiger partial charge in [0, 0.05) is 19.0 Å². The van der Waals surface area contributed by atoms with Gasteiger partial charge in [-0.3, -0.25) is 4.79 Å². The number of benzene rings is 1. The lowest BCUT2D eigenvalue weighted by molar-refractivity contribution is -0.137. The van der Waals surface area contributed by atoms with E-state index in [1.807, 2.05) is 0 Å². The molecule has 124 valence electrons. The van der Waals surface area contributed by atoms with Gasteiger partial charge in [-0.1, -0.05) is 29.8 Å². The normalized spacial score (nSPS) is 24.0. The van der Waals surface area contributed by atoms with Crippen molar-refractivity contribution in [1.29, 1.82) is 0 Å². The lowest BCUT2D eigenvalue weighted by atomic mass is 10.0. The molecule has 1 aliphatic carbocycles. The zero-order valence-electron chi connectivity index (χ0n) is 12.6. The second kappa shape index (κ2) is 6.35. The van der Waals surface area contributed by atoms with E-state index in [2.05, 4.69) is 16.7 Å². The zero-order valence-corrected chi connectivity index (χ0v) is 12.6. The molecule has 1 saturated carbocycles. The standard InChI is InChI=1S/C17H19F3N2O/c18-17(19,20)13-3-1-2-12(8-13)14-9-15(14)16(23)22-10-11-4-6-21-7-5-11/h1-4,8,14-15,21H,5-7,9-10H2,(H,22,23). The van der Waals surface area contributed by atoms with Crippen molar-refractivity contribution >= 4 is 5.91 Å². The number of nitrogens with one attached hydrogen (secondary N) is 2. The summed E-state index contributed by atoms with van der Waals surface area (Å²) in [6.45, 7) is 2.27. The third-order valence-corrected chi connectivity index (χ3v) is 4.42. The molecule has 2 aliphatic rings. The Morgan fingerprint density at radius 1 is 1.35 bits per heavy atom. The van der Waals surface area contributed by atoms with Crippen LogP contribution >= 0.6 is 0 Å². The van der Waals surface area contributed by atoms with Gasteiger partial charge in [0.05, 0.1) is 5.56 Å². The Morgan fingerprint density at radius 3 is 2.87 bits per heavy atom. The predicted octanol–water partition coefficient (Wildman–Crippen LogP) is 2.84.